The molecule has 0 atom stereocenters. The van der Waals surface area contributed by atoms with Crippen molar-refractivity contribution in [2.24, 2.45) is 5.41 Å². The summed E-state index contributed by atoms with van der Waals surface area (Å²) in [5.74, 6) is 0.0785. The van der Waals surface area contributed by atoms with Crippen molar-refractivity contribution < 1.29 is 36.2 Å². The Kier molecular flexibility index (Phi) is 6.06. The third-order valence-electron chi connectivity index (χ3n) is 8.80. The molecule has 39 heavy (non-hydrogen) atoms. The predicted molar refractivity (Wildman–Crippen MR) is 126 cm³/mol. The van der Waals surface area contributed by atoms with Crippen molar-refractivity contribution in [3.8, 4) is 5.69 Å². The summed E-state index contributed by atoms with van der Waals surface area (Å²) in [6.07, 6.45) is -9.69. The van der Waals surface area contributed by atoms with Crippen LogP contribution in [-0.4, -0.2) is 72.7 Å². The minimum atomic E-state index is -4.71. The fourth-order valence-corrected chi connectivity index (χ4v) is 6.36. The molecule has 2 saturated carbocycles. The molecule has 1 amide bonds. The smallest absolute Gasteiger partial charge is 0.380 e. The van der Waals surface area contributed by atoms with Crippen molar-refractivity contribution in [1.29, 1.82) is 0 Å². The Hall–Kier alpha value is -2.38. The van der Waals surface area contributed by atoms with Crippen molar-refractivity contribution in [3.05, 3.63) is 40.4 Å². The molecule has 3 heterocycles. The van der Waals surface area contributed by atoms with E-state index in [1.54, 1.807) is 18.2 Å². The standard InChI is InChI=1S/C25H26ClF6N5O2/c26-16-1-2-18-15(9-16)12-36(17-10-23(39,11-17)25(30,31)32)13-19-33-34-20(37(18)19)14-3-7-35(8-4-14)21(38)22(5-6-22)24(27,28)29/h1-2,9,14,17,39H,3-8,10-13H2. The minimum absolute atomic E-state index is 0.168. The summed E-state index contributed by atoms with van der Waals surface area (Å²) in [5.41, 5.74) is -3.46. The Morgan fingerprint density at radius 3 is 2.26 bits per heavy atom. The number of fused-ring (bicyclic) bond motifs is 3. The van der Waals surface area contributed by atoms with Gasteiger partial charge in [0.1, 0.15) is 11.2 Å². The normalized spacial score (nSPS) is 27.4. The van der Waals surface area contributed by atoms with Gasteiger partial charge in [0.15, 0.2) is 11.4 Å². The Morgan fingerprint density at radius 1 is 1.00 bits per heavy atom. The van der Waals surface area contributed by atoms with E-state index in [9.17, 15) is 36.2 Å². The second kappa shape index (κ2) is 8.81. The highest BCUT2D eigenvalue weighted by atomic mass is 35.5. The molecule has 0 radical (unpaired) electrons. The number of benzene rings is 1. The van der Waals surface area contributed by atoms with Crippen LogP contribution in [0.1, 0.15) is 61.7 Å². The number of aliphatic hydroxyl groups is 1. The second-order valence-electron chi connectivity index (χ2n) is 11.2. The van der Waals surface area contributed by atoms with Crippen LogP contribution in [0.2, 0.25) is 5.02 Å². The molecule has 2 aromatic rings. The third kappa shape index (κ3) is 4.31. The molecule has 2 aliphatic heterocycles. The van der Waals surface area contributed by atoms with E-state index in [2.05, 4.69) is 10.2 Å². The first-order valence-corrected chi connectivity index (χ1v) is 13.2. The topological polar surface area (TPSA) is 74.5 Å². The maximum absolute atomic E-state index is 13.5. The molecule has 6 rings (SSSR count). The van der Waals surface area contributed by atoms with Crippen molar-refractivity contribution in [3.63, 3.8) is 0 Å². The summed E-state index contributed by atoms with van der Waals surface area (Å²) >= 11 is 6.25. The van der Waals surface area contributed by atoms with Crippen LogP contribution in [0.25, 0.3) is 5.69 Å². The van der Waals surface area contributed by atoms with Crippen LogP contribution in [-0.2, 0) is 17.9 Å². The van der Waals surface area contributed by atoms with E-state index in [1.807, 2.05) is 9.47 Å². The highest BCUT2D eigenvalue weighted by molar-refractivity contribution is 6.30. The number of likely N-dealkylation sites (tertiary alicyclic amines) is 1. The highest BCUT2D eigenvalue weighted by Crippen LogP contribution is 2.59. The van der Waals surface area contributed by atoms with Crippen LogP contribution in [0.5, 0.6) is 0 Å². The van der Waals surface area contributed by atoms with Crippen LogP contribution in [0.3, 0.4) is 0 Å². The van der Waals surface area contributed by atoms with Crippen molar-refractivity contribution in [1.82, 2.24) is 24.6 Å². The maximum Gasteiger partial charge on any atom is 0.417 e. The number of hydrogen-bond donors (Lipinski definition) is 1. The Labute approximate surface area is 224 Å². The van der Waals surface area contributed by atoms with Gasteiger partial charge < -0.3 is 10.0 Å². The molecule has 0 unspecified atom stereocenters. The first kappa shape index (κ1) is 26.8. The zero-order chi connectivity index (χ0) is 28.0. The summed E-state index contributed by atoms with van der Waals surface area (Å²) in [6.45, 7) is 0.829. The van der Waals surface area contributed by atoms with Gasteiger partial charge in [0.05, 0.1) is 12.2 Å². The number of alkyl halides is 6. The number of piperidine rings is 1. The number of carbonyl (C=O) groups is 1. The first-order chi connectivity index (χ1) is 18.2. The molecular weight excluding hydrogens is 552 g/mol. The van der Waals surface area contributed by atoms with Gasteiger partial charge in [-0.25, -0.2) is 0 Å². The largest absolute Gasteiger partial charge is 0.417 e. The van der Waals surface area contributed by atoms with E-state index >= 15 is 0 Å². The van der Waals surface area contributed by atoms with Crippen molar-refractivity contribution >= 4 is 17.5 Å². The van der Waals surface area contributed by atoms with Gasteiger partial charge in [0, 0.05) is 49.5 Å². The predicted octanol–water partition coefficient (Wildman–Crippen LogP) is 4.74. The van der Waals surface area contributed by atoms with Crippen LogP contribution < -0.4 is 0 Å². The van der Waals surface area contributed by atoms with E-state index in [1.165, 1.54) is 4.90 Å². The maximum atomic E-state index is 13.5. The summed E-state index contributed by atoms with van der Waals surface area (Å²) in [4.78, 5) is 15.8. The van der Waals surface area contributed by atoms with Crippen LogP contribution in [0.15, 0.2) is 18.2 Å². The van der Waals surface area contributed by atoms with Crippen LogP contribution in [0.4, 0.5) is 26.3 Å². The highest BCUT2D eigenvalue weighted by Gasteiger charge is 2.69. The van der Waals surface area contributed by atoms with E-state index < -0.39 is 48.2 Å². The molecule has 2 aliphatic carbocycles. The average molecular weight is 578 g/mol. The van der Waals surface area contributed by atoms with Gasteiger partial charge in [0.25, 0.3) is 0 Å². The Balaban J connectivity index is 1.24. The lowest BCUT2D eigenvalue weighted by molar-refractivity contribution is -0.300. The van der Waals surface area contributed by atoms with E-state index in [0.717, 1.165) is 11.3 Å². The van der Waals surface area contributed by atoms with Gasteiger partial charge >= 0.3 is 12.4 Å². The molecule has 1 N–H and O–H groups in total. The summed E-state index contributed by atoms with van der Waals surface area (Å²) in [5, 5.41) is 19.2. The molecule has 1 aromatic heterocycles. The van der Waals surface area contributed by atoms with Gasteiger partial charge in [-0.05, 0) is 49.4 Å². The van der Waals surface area contributed by atoms with E-state index in [0.29, 0.717) is 36.1 Å². The number of carbonyl (C=O) groups excluding carboxylic acids is 1. The molecule has 3 fully saturated rings. The molecule has 14 heteroatoms. The zero-order valence-electron chi connectivity index (χ0n) is 20.7. The summed E-state index contributed by atoms with van der Waals surface area (Å²) in [6, 6.07) is 4.71. The summed E-state index contributed by atoms with van der Waals surface area (Å²) in [7, 11) is 0. The number of aromatic nitrogens is 3. The number of hydrogen-bond acceptors (Lipinski definition) is 5. The molecule has 1 saturated heterocycles. The Morgan fingerprint density at radius 2 is 1.67 bits per heavy atom. The first-order valence-electron chi connectivity index (χ1n) is 12.8. The molecule has 0 bridgehead atoms. The monoisotopic (exact) mass is 577 g/mol. The van der Waals surface area contributed by atoms with Crippen LogP contribution in [0, 0.1) is 5.41 Å². The summed E-state index contributed by atoms with van der Waals surface area (Å²) < 4.78 is 82.0. The molecule has 4 aliphatic rings. The fraction of sp³-hybridized carbons (Fsp3) is 0.640. The van der Waals surface area contributed by atoms with Gasteiger partial charge in [-0.15, -0.1) is 10.2 Å². The van der Waals surface area contributed by atoms with Crippen molar-refractivity contribution in [2.75, 3.05) is 13.1 Å². The number of rotatable bonds is 3. The second-order valence-corrected chi connectivity index (χ2v) is 11.7. The van der Waals surface area contributed by atoms with E-state index in [4.69, 9.17) is 11.6 Å². The van der Waals surface area contributed by atoms with Crippen LogP contribution >= 0.6 is 11.6 Å². The van der Waals surface area contributed by atoms with Crippen molar-refractivity contribution in [2.45, 2.75) is 81.5 Å². The van der Waals surface area contributed by atoms with Gasteiger partial charge in [-0.1, -0.05) is 11.6 Å². The minimum Gasteiger partial charge on any atom is -0.380 e. The molecule has 0 spiro atoms. The molecule has 212 valence electrons. The Bertz CT molecular complexity index is 1290. The molecule has 1 aromatic carbocycles. The lowest BCUT2D eigenvalue weighted by atomic mass is 9.74. The number of nitrogens with zero attached hydrogens (tertiary/aromatic N) is 5. The lowest BCUT2D eigenvalue weighted by Crippen LogP contribution is -2.61. The number of halogens is 7. The fourth-order valence-electron chi connectivity index (χ4n) is 6.17. The zero-order valence-corrected chi connectivity index (χ0v) is 21.5. The molecule has 7 nitrogen and oxygen atoms in total. The number of amides is 1. The van der Waals surface area contributed by atoms with E-state index in [-0.39, 0.29) is 38.4 Å². The van der Waals surface area contributed by atoms with Gasteiger partial charge in [0.2, 0.25) is 5.91 Å². The lowest BCUT2D eigenvalue weighted by Gasteiger charge is -2.48. The third-order valence-corrected chi connectivity index (χ3v) is 9.03. The average Bonchev–Trinajstić information content (AvgIpc) is 3.59. The van der Waals surface area contributed by atoms with Gasteiger partial charge in [-0.2, -0.15) is 26.3 Å². The quantitative estimate of drug-likeness (QED) is 0.534. The SMILES string of the molecule is O=C(N1CCC(c2nnc3n2-c2ccc(Cl)cc2CN(C2CC(O)(C(F)(F)F)C2)C3)CC1)C1(C(F)(F)F)CC1. The van der Waals surface area contributed by atoms with Gasteiger partial charge in [-0.3, -0.25) is 14.3 Å². The molecular formula is C25H26ClF6N5O2.